The van der Waals surface area contributed by atoms with Crippen molar-refractivity contribution in [3.8, 4) is 22.8 Å². The molecule has 0 aliphatic heterocycles. The average Bonchev–Trinajstić information content (AvgIpc) is 3.19. The number of nitrogens with one attached hydrogen (secondary N) is 2. The van der Waals surface area contributed by atoms with Crippen LogP contribution in [-0.4, -0.2) is 20.8 Å². The van der Waals surface area contributed by atoms with Crippen molar-refractivity contribution in [2.75, 3.05) is 10.6 Å². The van der Waals surface area contributed by atoms with Gasteiger partial charge in [-0.1, -0.05) is 6.07 Å². The lowest BCUT2D eigenvalue weighted by molar-refractivity contribution is 0.262. The monoisotopic (exact) mass is 435 g/mol. The van der Waals surface area contributed by atoms with E-state index in [1.54, 1.807) is 36.1 Å². The molecular weight excluding hydrogens is 416 g/mol. The van der Waals surface area contributed by atoms with Crippen LogP contribution in [0.3, 0.4) is 0 Å². The van der Waals surface area contributed by atoms with E-state index < -0.39 is 17.7 Å². The van der Waals surface area contributed by atoms with Crippen LogP contribution in [0.1, 0.15) is 5.56 Å². The zero-order chi connectivity index (χ0) is 22.7. The molecule has 2 N–H and O–H groups in total. The molecule has 0 unspecified atom stereocenters. The van der Waals surface area contributed by atoms with E-state index in [0.717, 1.165) is 11.6 Å². The van der Waals surface area contributed by atoms with E-state index in [0.29, 0.717) is 22.7 Å². The van der Waals surface area contributed by atoms with E-state index in [1.807, 2.05) is 13.2 Å². The number of nitrogens with zero attached hydrogens (tertiary/aromatic N) is 3. The molecule has 7 nitrogen and oxygen atoms in total. The lowest BCUT2D eigenvalue weighted by Crippen LogP contribution is -2.20. The van der Waals surface area contributed by atoms with Gasteiger partial charge >= 0.3 is 6.03 Å². The summed E-state index contributed by atoms with van der Waals surface area (Å²) in [6.07, 6.45) is 5.09. The number of carbonyl (C=O) groups excluding carboxylic acids is 1. The highest BCUT2D eigenvalue weighted by Crippen LogP contribution is 2.28. The largest absolute Gasteiger partial charge is 0.457 e. The summed E-state index contributed by atoms with van der Waals surface area (Å²) in [6, 6.07) is 10.8. The van der Waals surface area contributed by atoms with Crippen molar-refractivity contribution in [3.63, 3.8) is 0 Å². The fourth-order valence-corrected chi connectivity index (χ4v) is 2.99. The summed E-state index contributed by atoms with van der Waals surface area (Å²) in [7, 11) is 1.81. The SMILES string of the molecule is Cc1ccc(F)cc1NC(=O)Nc1ccc(Oc2ccnc(-c3cnn(C)c3)c2)cc1F. The third kappa shape index (κ3) is 4.89. The molecule has 4 rings (SSSR count). The molecule has 0 saturated carbocycles. The summed E-state index contributed by atoms with van der Waals surface area (Å²) in [5, 5.41) is 9.03. The van der Waals surface area contributed by atoms with E-state index >= 15 is 0 Å². The topological polar surface area (TPSA) is 81.1 Å². The Morgan fingerprint density at radius 1 is 1.00 bits per heavy atom. The van der Waals surface area contributed by atoms with Gasteiger partial charge in [-0.25, -0.2) is 13.6 Å². The number of halogens is 2. The summed E-state index contributed by atoms with van der Waals surface area (Å²) in [5.74, 6) is -0.451. The van der Waals surface area contributed by atoms with Gasteiger partial charge < -0.3 is 15.4 Å². The Morgan fingerprint density at radius 2 is 1.78 bits per heavy atom. The van der Waals surface area contributed by atoms with Gasteiger partial charge in [-0.2, -0.15) is 5.10 Å². The summed E-state index contributed by atoms with van der Waals surface area (Å²) < 4.78 is 35.3. The molecule has 2 amide bonds. The van der Waals surface area contributed by atoms with Gasteiger partial charge in [-0.05, 0) is 42.8 Å². The minimum Gasteiger partial charge on any atom is -0.457 e. The third-order valence-corrected chi connectivity index (χ3v) is 4.60. The molecule has 2 heterocycles. The number of carbonyl (C=O) groups is 1. The van der Waals surface area contributed by atoms with Crippen molar-refractivity contribution in [2.45, 2.75) is 6.92 Å². The van der Waals surface area contributed by atoms with Crippen molar-refractivity contribution in [2.24, 2.45) is 7.05 Å². The van der Waals surface area contributed by atoms with Crippen LogP contribution in [0.4, 0.5) is 25.0 Å². The first-order valence-corrected chi connectivity index (χ1v) is 9.64. The van der Waals surface area contributed by atoms with Gasteiger partial charge in [0.15, 0.2) is 0 Å². The number of hydrogen-bond donors (Lipinski definition) is 2. The summed E-state index contributed by atoms with van der Waals surface area (Å²) >= 11 is 0. The second-order valence-electron chi connectivity index (χ2n) is 7.06. The lowest BCUT2D eigenvalue weighted by atomic mass is 10.2. The molecule has 4 aromatic rings. The molecule has 0 atom stereocenters. The first-order valence-electron chi connectivity index (χ1n) is 9.64. The second-order valence-corrected chi connectivity index (χ2v) is 7.06. The van der Waals surface area contributed by atoms with Gasteiger partial charge in [-0.15, -0.1) is 0 Å². The normalized spacial score (nSPS) is 10.6. The summed E-state index contributed by atoms with van der Waals surface area (Å²) in [5.41, 5.74) is 2.41. The molecule has 32 heavy (non-hydrogen) atoms. The van der Waals surface area contributed by atoms with Gasteiger partial charge in [0, 0.05) is 42.8 Å². The van der Waals surface area contributed by atoms with Crippen LogP contribution < -0.4 is 15.4 Å². The van der Waals surface area contributed by atoms with Crippen LogP contribution in [0, 0.1) is 18.6 Å². The highest BCUT2D eigenvalue weighted by molar-refractivity contribution is 6.00. The summed E-state index contributed by atoms with van der Waals surface area (Å²) in [6.45, 7) is 1.72. The number of aromatic nitrogens is 3. The van der Waals surface area contributed by atoms with Crippen molar-refractivity contribution >= 4 is 17.4 Å². The smallest absolute Gasteiger partial charge is 0.323 e. The minimum atomic E-state index is -0.693. The van der Waals surface area contributed by atoms with E-state index in [1.165, 1.54) is 30.3 Å². The number of amides is 2. The zero-order valence-corrected chi connectivity index (χ0v) is 17.3. The number of pyridine rings is 1. The number of ether oxygens (including phenoxy) is 1. The quantitative estimate of drug-likeness (QED) is 0.433. The van der Waals surface area contributed by atoms with Gasteiger partial charge in [-0.3, -0.25) is 9.67 Å². The molecule has 162 valence electrons. The fraction of sp³-hybridized carbons (Fsp3) is 0.0870. The van der Waals surface area contributed by atoms with E-state index in [2.05, 4.69) is 20.7 Å². The maximum atomic E-state index is 14.5. The molecule has 0 aliphatic rings. The number of urea groups is 1. The molecule has 9 heteroatoms. The molecule has 0 fully saturated rings. The maximum absolute atomic E-state index is 14.5. The Kier molecular flexibility index (Phi) is 5.80. The van der Waals surface area contributed by atoms with Crippen molar-refractivity contribution in [1.82, 2.24) is 14.8 Å². The van der Waals surface area contributed by atoms with Crippen LogP contribution in [-0.2, 0) is 7.05 Å². The lowest BCUT2D eigenvalue weighted by Gasteiger charge is -2.12. The number of hydrogen-bond acceptors (Lipinski definition) is 4. The number of rotatable bonds is 5. The number of aryl methyl sites for hydroxylation is 2. The van der Waals surface area contributed by atoms with Gasteiger partial charge in [0.05, 0.1) is 17.6 Å². The van der Waals surface area contributed by atoms with Crippen molar-refractivity contribution < 1.29 is 18.3 Å². The third-order valence-electron chi connectivity index (χ3n) is 4.60. The number of anilines is 2. The molecule has 0 bridgehead atoms. The number of benzene rings is 2. The Bertz CT molecular complexity index is 1290. The van der Waals surface area contributed by atoms with Crippen molar-refractivity contribution in [1.29, 1.82) is 0 Å². The van der Waals surface area contributed by atoms with Gasteiger partial charge in [0.2, 0.25) is 0 Å². The fourth-order valence-electron chi connectivity index (χ4n) is 2.99. The molecule has 2 aromatic carbocycles. The van der Waals surface area contributed by atoms with Gasteiger partial charge in [0.25, 0.3) is 0 Å². The highest BCUT2D eigenvalue weighted by atomic mass is 19.1. The molecule has 0 radical (unpaired) electrons. The second kappa shape index (κ2) is 8.84. The van der Waals surface area contributed by atoms with Crippen LogP contribution in [0.15, 0.2) is 67.1 Å². The van der Waals surface area contributed by atoms with E-state index in [9.17, 15) is 13.6 Å². The van der Waals surface area contributed by atoms with E-state index in [-0.39, 0.29) is 11.4 Å². The van der Waals surface area contributed by atoms with Crippen molar-refractivity contribution in [3.05, 3.63) is 84.3 Å². The van der Waals surface area contributed by atoms with E-state index in [4.69, 9.17) is 4.74 Å². The van der Waals surface area contributed by atoms with Crippen LogP contribution in [0.25, 0.3) is 11.3 Å². The predicted molar refractivity (Wildman–Crippen MR) is 117 cm³/mol. The molecule has 0 aliphatic carbocycles. The van der Waals surface area contributed by atoms with Crippen LogP contribution in [0.5, 0.6) is 11.5 Å². The molecule has 2 aromatic heterocycles. The molecule has 0 saturated heterocycles. The first-order chi connectivity index (χ1) is 15.4. The molecular formula is C23H19F2N5O2. The van der Waals surface area contributed by atoms with Crippen LogP contribution in [0.2, 0.25) is 0 Å². The Hall–Kier alpha value is -4.27. The Labute approximate surface area is 182 Å². The molecule has 0 spiro atoms. The standard InChI is InChI=1S/C23H19F2N5O2/c1-14-3-4-16(24)9-21(14)29-23(31)28-20-6-5-17(10-19(20)25)32-18-7-8-26-22(11-18)15-12-27-30(2)13-15/h3-13H,1-2H3,(H2,28,29,31). The van der Waals surface area contributed by atoms with Gasteiger partial charge in [0.1, 0.15) is 23.1 Å². The zero-order valence-electron chi connectivity index (χ0n) is 17.3. The predicted octanol–water partition coefficient (Wildman–Crippen LogP) is 5.51. The maximum Gasteiger partial charge on any atom is 0.323 e. The minimum absolute atomic E-state index is 0.0466. The highest BCUT2D eigenvalue weighted by Gasteiger charge is 2.11. The van der Waals surface area contributed by atoms with Crippen LogP contribution >= 0.6 is 0 Å². The first kappa shape index (κ1) is 21.0. The Morgan fingerprint density at radius 3 is 2.53 bits per heavy atom. The Balaban J connectivity index is 1.44. The average molecular weight is 435 g/mol. The summed E-state index contributed by atoms with van der Waals surface area (Å²) in [4.78, 5) is 16.5.